The number of rotatable bonds is 5. The van der Waals surface area contributed by atoms with Gasteiger partial charge in [0.2, 0.25) is 5.43 Å². The topological polar surface area (TPSA) is 79.9 Å². The Hall–Kier alpha value is -3.47. The highest BCUT2D eigenvalue weighted by molar-refractivity contribution is 6.01. The summed E-state index contributed by atoms with van der Waals surface area (Å²) in [5, 5.41) is 21.9. The minimum Gasteiger partial charge on any atom is -0.507 e. The minimum absolute atomic E-state index is 0.0950. The average molecular weight is 447 g/mol. The summed E-state index contributed by atoms with van der Waals surface area (Å²) >= 11 is 0. The Morgan fingerprint density at radius 2 is 1.85 bits per heavy atom. The zero-order chi connectivity index (χ0) is 23.9. The molecule has 1 aliphatic heterocycles. The Kier molecular flexibility index (Phi) is 5.83. The third kappa shape index (κ3) is 4.28. The van der Waals surface area contributed by atoms with Gasteiger partial charge in [-0.25, -0.2) is 0 Å². The fourth-order valence-electron chi connectivity index (χ4n) is 4.14. The number of benzene rings is 2. The zero-order valence-corrected chi connectivity index (χ0v) is 19.8. The number of ether oxygens (including phenoxy) is 1. The molecule has 2 N–H and O–H groups in total. The van der Waals surface area contributed by atoms with E-state index in [1.807, 2.05) is 26.0 Å². The van der Waals surface area contributed by atoms with Crippen LogP contribution in [0.15, 0.2) is 56.8 Å². The van der Waals surface area contributed by atoms with Crippen molar-refractivity contribution in [2.75, 3.05) is 0 Å². The van der Waals surface area contributed by atoms with Crippen LogP contribution < -0.4 is 10.2 Å². The van der Waals surface area contributed by atoms with Crippen LogP contribution >= 0.6 is 0 Å². The molecule has 33 heavy (non-hydrogen) atoms. The van der Waals surface area contributed by atoms with Crippen LogP contribution in [0.1, 0.15) is 58.6 Å². The van der Waals surface area contributed by atoms with Crippen LogP contribution in [0.25, 0.3) is 28.0 Å². The first-order valence-electron chi connectivity index (χ1n) is 11.2. The molecule has 5 heteroatoms. The number of para-hydroxylation sites is 1. The first kappa shape index (κ1) is 22.7. The summed E-state index contributed by atoms with van der Waals surface area (Å²) in [5.74, 6) is 0.237. The molecule has 0 bridgehead atoms. The molecule has 0 saturated carbocycles. The first-order chi connectivity index (χ1) is 15.6. The predicted octanol–water partition coefficient (Wildman–Crippen LogP) is 6.78. The molecule has 1 aliphatic rings. The van der Waals surface area contributed by atoms with Crippen molar-refractivity contribution in [3.8, 4) is 17.2 Å². The molecule has 0 radical (unpaired) electrons. The second-order valence-electron chi connectivity index (χ2n) is 9.47. The van der Waals surface area contributed by atoms with Crippen molar-refractivity contribution >= 4 is 28.0 Å². The van der Waals surface area contributed by atoms with Gasteiger partial charge in [-0.3, -0.25) is 4.79 Å². The molecule has 5 nitrogen and oxygen atoms in total. The Labute approximate surface area is 193 Å². The normalized spacial score (nSPS) is 14.9. The highest BCUT2D eigenvalue weighted by atomic mass is 16.5. The number of phenols is 2. The van der Waals surface area contributed by atoms with Gasteiger partial charge in [-0.2, -0.15) is 0 Å². The monoisotopic (exact) mass is 446 g/mol. The van der Waals surface area contributed by atoms with Crippen molar-refractivity contribution in [1.29, 1.82) is 0 Å². The summed E-state index contributed by atoms with van der Waals surface area (Å²) in [5.41, 5.74) is 2.98. The summed E-state index contributed by atoms with van der Waals surface area (Å²) in [7, 11) is 0. The molecule has 0 saturated heterocycles. The predicted molar refractivity (Wildman–Crippen MR) is 133 cm³/mol. The van der Waals surface area contributed by atoms with E-state index in [1.54, 1.807) is 12.1 Å². The van der Waals surface area contributed by atoms with Crippen molar-refractivity contribution in [1.82, 2.24) is 0 Å². The van der Waals surface area contributed by atoms with Crippen molar-refractivity contribution in [2.24, 2.45) is 0 Å². The van der Waals surface area contributed by atoms with Gasteiger partial charge in [-0.1, -0.05) is 29.4 Å². The number of aromatic hydroxyl groups is 2. The summed E-state index contributed by atoms with van der Waals surface area (Å²) in [6.07, 6.45) is 10.3. The van der Waals surface area contributed by atoms with Gasteiger partial charge in [0.15, 0.2) is 16.9 Å². The molecule has 3 aromatic rings. The molecule has 2 heterocycles. The van der Waals surface area contributed by atoms with Gasteiger partial charge in [0, 0.05) is 5.56 Å². The summed E-state index contributed by atoms with van der Waals surface area (Å²) in [6, 6.07) is 4.64. The van der Waals surface area contributed by atoms with Crippen molar-refractivity contribution in [2.45, 2.75) is 59.5 Å². The SMILES string of the molecule is CC(C)=CCCC(C)=CCc1c2c(c3oc4c(O)cccc4c(=O)c3c1O)C=CC(C)(C)O2. The third-order valence-corrected chi connectivity index (χ3v) is 5.95. The van der Waals surface area contributed by atoms with Crippen molar-refractivity contribution in [3.05, 3.63) is 68.9 Å². The molecule has 0 spiro atoms. The second kappa shape index (κ2) is 8.47. The van der Waals surface area contributed by atoms with Crippen LogP contribution in [-0.4, -0.2) is 15.8 Å². The maximum absolute atomic E-state index is 13.4. The van der Waals surface area contributed by atoms with Crippen LogP contribution in [0.5, 0.6) is 17.2 Å². The van der Waals surface area contributed by atoms with E-state index in [4.69, 9.17) is 9.15 Å². The molecular formula is C28H30O5. The van der Waals surface area contributed by atoms with Gasteiger partial charge in [0.05, 0.1) is 10.9 Å². The van der Waals surface area contributed by atoms with Crippen molar-refractivity contribution < 1.29 is 19.4 Å². The number of hydrogen-bond acceptors (Lipinski definition) is 5. The lowest BCUT2D eigenvalue weighted by Crippen LogP contribution is -2.28. The number of fused-ring (bicyclic) bond motifs is 4. The maximum atomic E-state index is 13.4. The van der Waals surface area contributed by atoms with E-state index in [2.05, 4.69) is 32.9 Å². The van der Waals surface area contributed by atoms with E-state index in [0.717, 1.165) is 12.8 Å². The van der Waals surface area contributed by atoms with Crippen LogP contribution in [0.4, 0.5) is 0 Å². The molecule has 0 atom stereocenters. The Balaban J connectivity index is 1.93. The van der Waals surface area contributed by atoms with E-state index in [9.17, 15) is 15.0 Å². The Morgan fingerprint density at radius 3 is 2.58 bits per heavy atom. The van der Waals surface area contributed by atoms with E-state index >= 15 is 0 Å². The Bertz CT molecular complexity index is 1400. The lowest BCUT2D eigenvalue weighted by molar-refractivity contribution is 0.157. The number of allylic oxidation sites excluding steroid dienone is 4. The lowest BCUT2D eigenvalue weighted by atomic mass is 9.94. The van der Waals surface area contributed by atoms with E-state index in [1.165, 1.54) is 17.2 Å². The third-order valence-electron chi connectivity index (χ3n) is 5.95. The van der Waals surface area contributed by atoms with E-state index in [-0.39, 0.29) is 38.9 Å². The maximum Gasteiger partial charge on any atom is 0.204 e. The smallest absolute Gasteiger partial charge is 0.204 e. The van der Waals surface area contributed by atoms with Gasteiger partial charge < -0.3 is 19.4 Å². The standard InChI is InChI=1S/C28H30O5/c1-16(2)8-6-9-17(3)12-13-19-24(31)22-23(30)18-10-7-11-21(29)26(18)32-27(22)20-14-15-28(4,5)33-25(19)20/h7-8,10-12,14-15,29,31H,6,9,13H2,1-5H3. The molecule has 0 amide bonds. The highest BCUT2D eigenvalue weighted by Gasteiger charge is 2.30. The van der Waals surface area contributed by atoms with Gasteiger partial charge in [0.1, 0.15) is 22.5 Å². The lowest BCUT2D eigenvalue weighted by Gasteiger charge is -2.30. The highest BCUT2D eigenvalue weighted by Crippen LogP contribution is 2.45. The minimum atomic E-state index is -0.580. The average Bonchev–Trinajstić information content (AvgIpc) is 2.73. The summed E-state index contributed by atoms with van der Waals surface area (Å²) in [4.78, 5) is 13.4. The van der Waals surface area contributed by atoms with Crippen LogP contribution in [0.2, 0.25) is 0 Å². The molecule has 1 aromatic heterocycles. The first-order valence-corrected chi connectivity index (χ1v) is 11.2. The molecular weight excluding hydrogens is 416 g/mol. The quantitative estimate of drug-likeness (QED) is 0.334. The zero-order valence-electron chi connectivity index (χ0n) is 19.8. The van der Waals surface area contributed by atoms with E-state index < -0.39 is 5.60 Å². The molecule has 4 rings (SSSR count). The summed E-state index contributed by atoms with van der Waals surface area (Å²) < 4.78 is 12.3. The van der Waals surface area contributed by atoms with Gasteiger partial charge >= 0.3 is 0 Å². The van der Waals surface area contributed by atoms with Crippen LogP contribution in [0.3, 0.4) is 0 Å². The van der Waals surface area contributed by atoms with Crippen LogP contribution in [-0.2, 0) is 6.42 Å². The van der Waals surface area contributed by atoms with Crippen LogP contribution in [0, 0.1) is 0 Å². The fourth-order valence-corrected chi connectivity index (χ4v) is 4.14. The van der Waals surface area contributed by atoms with Gasteiger partial charge in [0.25, 0.3) is 0 Å². The van der Waals surface area contributed by atoms with Gasteiger partial charge in [-0.15, -0.1) is 0 Å². The van der Waals surface area contributed by atoms with Crippen molar-refractivity contribution in [3.63, 3.8) is 0 Å². The summed E-state index contributed by atoms with van der Waals surface area (Å²) in [6.45, 7) is 10.1. The largest absolute Gasteiger partial charge is 0.507 e. The molecule has 0 unspecified atom stereocenters. The number of phenolic OH excluding ortho intramolecular Hbond substituents is 2. The molecule has 172 valence electrons. The van der Waals surface area contributed by atoms with E-state index in [0.29, 0.717) is 23.3 Å². The second-order valence-corrected chi connectivity index (χ2v) is 9.47. The van der Waals surface area contributed by atoms with Gasteiger partial charge in [-0.05, 0) is 78.2 Å². The number of hydrogen-bond donors (Lipinski definition) is 2. The fraction of sp³-hybridized carbons (Fsp3) is 0.321. The molecule has 2 aromatic carbocycles. The molecule has 0 fully saturated rings. The molecule has 0 aliphatic carbocycles. The Morgan fingerprint density at radius 1 is 1.09 bits per heavy atom.